The highest BCUT2D eigenvalue weighted by molar-refractivity contribution is 5.57. The first-order valence-electron chi connectivity index (χ1n) is 7.40. The summed E-state index contributed by atoms with van der Waals surface area (Å²) in [6, 6.07) is 12.8. The van der Waals surface area contributed by atoms with Gasteiger partial charge >= 0.3 is 0 Å². The van der Waals surface area contributed by atoms with E-state index in [2.05, 4.69) is 10.2 Å². The van der Waals surface area contributed by atoms with Gasteiger partial charge in [0.2, 0.25) is 0 Å². The van der Waals surface area contributed by atoms with E-state index >= 15 is 0 Å². The van der Waals surface area contributed by atoms with Gasteiger partial charge in [-0.1, -0.05) is 6.07 Å². The van der Waals surface area contributed by atoms with Gasteiger partial charge in [0.1, 0.15) is 11.4 Å². The average molecular weight is 310 g/mol. The minimum Gasteiger partial charge on any atom is -0.491 e. The Bertz CT molecular complexity index is 880. The fourth-order valence-corrected chi connectivity index (χ4v) is 2.30. The van der Waals surface area contributed by atoms with Crippen molar-refractivity contribution in [2.24, 2.45) is 7.05 Å². The molecular weight excluding hydrogens is 292 g/mol. The van der Waals surface area contributed by atoms with Crippen LogP contribution in [0.4, 0.5) is 0 Å². The molecule has 3 aromatic rings. The topological polar surface area (TPSA) is 61.9 Å². The lowest BCUT2D eigenvalue weighted by Crippen LogP contribution is -2.18. The van der Waals surface area contributed by atoms with E-state index in [4.69, 9.17) is 4.74 Å². The monoisotopic (exact) mass is 310 g/mol. The summed E-state index contributed by atoms with van der Waals surface area (Å²) < 4.78 is 8.82. The smallest absolute Gasteiger partial charge is 0.266 e. The maximum absolute atomic E-state index is 11.5. The largest absolute Gasteiger partial charge is 0.491 e. The summed E-state index contributed by atoms with van der Waals surface area (Å²) in [5.41, 5.74) is 2.22. The summed E-state index contributed by atoms with van der Waals surface area (Å²) in [5, 5.41) is 8.65. The van der Waals surface area contributed by atoms with Crippen molar-refractivity contribution >= 4 is 0 Å². The Morgan fingerprint density at radius 3 is 2.70 bits per heavy atom. The third-order valence-corrected chi connectivity index (χ3v) is 3.30. The van der Waals surface area contributed by atoms with Crippen molar-refractivity contribution in [1.82, 2.24) is 19.6 Å². The molecule has 0 saturated heterocycles. The molecule has 118 valence electrons. The Kier molecular flexibility index (Phi) is 3.97. The van der Waals surface area contributed by atoms with Crippen LogP contribution in [0.25, 0.3) is 17.1 Å². The van der Waals surface area contributed by atoms with Crippen LogP contribution in [0.3, 0.4) is 0 Å². The lowest BCUT2D eigenvalue weighted by molar-refractivity contribution is 0.242. The minimum absolute atomic E-state index is 0.104. The van der Waals surface area contributed by atoms with E-state index in [1.54, 1.807) is 24.0 Å². The molecule has 6 heteroatoms. The molecule has 0 aliphatic rings. The standard InChI is InChI=1S/C17H18N4O2/c1-12(2)23-14-6-4-5-13(11-14)21-16(9-10-18-21)15-7-8-17(22)20(3)19-15/h4-12H,1-3H3. The minimum atomic E-state index is -0.146. The van der Waals surface area contributed by atoms with E-state index in [0.717, 1.165) is 17.1 Å². The third kappa shape index (κ3) is 3.15. The SMILES string of the molecule is CC(C)Oc1cccc(-n2nccc2-c2ccc(=O)n(C)n2)c1. The molecule has 0 N–H and O–H groups in total. The van der Waals surface area contributed by atoms with Gasteiger partial charge in [0.05, 0.1) is 23.7 Å². The highest BCUT2D eigenvalue weighted by Crippen LogP contribution is 2.23. The van der Waals surface area contributed by atoms with Gasteiger partial charge in [0, 0.05) is 19.2 Å². The van der Waals surface area contributed by atoms with Crippen molar-refractivity contribution in [3.8, 4) is 22.8 Å². The molecule has 0 unspecified atom stereocenters. The van der Waals surface area contributed by atoms with Crippen molar-refractivity contribution < 1.29 is 4.74 Å². The first-order valence-corrected chi connectivity index (χ1v) is 7.40. The zero-order valence-electron chi connectivity index (χ0n) is 13.3. The highest BCUT2D eigenvalue weighted by Gasteiger charge is 2.10. The Hall–Kier alpha value is -2.89. The number of hydrogen-bond donors (Lipinski definition) is 0. The molecule has 0 fully saturated rings. The number of rotatable bonds is 4. The molecule has 0 radical (unpaired) electrons. The maximum Gasteiger partial charge on any atom is 0.266 e. The highest BCUT2D eigenvalue weighted by atomic mass is 16.5. The molecule has 0 bridgehead atoms. The van der Waals surface area contributed by atoms with Crippen LogP contribution in [-0.2, 0) is 7.05 Å². The van der Waals surface area contributed by atoms with Crippen molar-refractivity contribution in [3.63, 3.8) is 0 Å². The number of nitrogens with zero attached hydrogens (tertiary/aromatic N) is 4. The van der Waals surface area contributed by atoms with E-state index in [9.17, 15) is 4.79 Å². The Morgan fingerprint density at radius 1 is 1.13 bits per heavy atom. The molecule has 0 aliphatic carbocycles. The van der Waals surface area contributed by atoms with Crippen LogP contribution in [0, 0.1) is 0 Å². The Labute approximate surface area is 134 Å². The summed E-state index contributed by atoms with van der Waals surface area (Å²) in [4.78, 5) is 11.5. The Balaban J connectivity index is 2.04. The molecule has 23 heavy (non-hydrogen) atoms. The number of aromatic nitrogens is 4. The number of benzene rings is 1. The van der Waals surface area contributed by atoms with Crippen LogP contribution >= 0.6 is 0 Å². The van der Waals surface area contributed by atoms with Gasteiger partial charge in [-0.15, -0.1) is 0 Å². The summed E-state index contributed by atoms with van der Waals surface area (Å²) >= 11 is 0. The first-order chi connectivity index (χ1) is 11.0. The van der Waals surface area contributed by atoms with Crippen molar-refractivity contribution in [2.45, 2.75) is 20.0 Å². The number of aryl methyl sites for hydroxylation is 1. The van der Waals surface area contributed by atoms with Gasteiger partial charge in [-0.3, -0.25) is 4.79 Å². The molecule has 2 aromatic heterocycles. The second kappa shape index (κ2) is 6.08. The van der Waals surface area contributed by atoms with Crippen LogP contribution in [0.2, 0.25) is 0 Å². The van der Waals surface area contributed by atoms with E-state index in [1.807, 2.05) is 44.2 Å². The van der Waals surface area contributed by atoms with Gasteiger partial charge in [0.15, 0.2) is 0 Å². The Morgan fingerprint density at radius 2 is 1.96 bits per heavy atom. The predicted octanol–water partition coefficient (Wildman–Crippen LogP) is 2.42. The zero-order valence-corrected chi connectivity index (χ0v) is 13.3. The van der Waals surface area contributed by atoms with E-state index < -0.39 is 0 Å². The first kappa shape index (κ1) is 15.0. The molecule has 6 nitrogen and oxygen atoms in total. The number of ether oxygens (including phenoxy) is 1. The fourth-order valence-electron chi connectivity index (χ4n) is 2.30. The van der Waals surface area contributed by atoms with Gasteiger partial charge in [-0.2, -0.15) is 10.2 Å². The number of hydrogen-bond acceptors (Lipinski definition) is 4. The molecule has 0 spiro atoms. The van der Waals surface area contributed by atoms with E-state index in [0.29, 0.717) is 5.69 Å². The molecule has 0 saturated carbocycles. The summed E-state index contributed by atoms with van der Waals surface area (Å²) in [6.07, 6.45) is 1.81. The zero-order chi connectivity index (χ0) is 16.4. The van der Waals surface area contributed by atoms with Gasteiger partial charge in [0.25, 0.3) is 5.56 Å². The molecule has 0 atom stereocenters. The van der Waals surface area contributed by atoms with Crippen LogP contribution < -0.4 is 10.3 Å². The van der Waals surface area contributed by atoms with Crippen molar-refractivity contribution in [1.29, 1.82) is 0 Å². The van der Waals surface area contributed by atoms with Crippen LogP contribution in [0.5, 0.6) is 5.75 Å². The molecule has 1 aromatic carbocycles. The van der Waals surface area contributed by atoms with Gasteiger partial charge < -0.3 is 4.74 Å². The van der Waals surface area contributed by atoms with Crippen LogP contribution in [0.15, 0.2) is 53.5 Å². The quantitative estimate of drug-likeness (QED) is 0.742. The van der Waals surface area contributed by atoms with Crippen LogP contribution in [0.1, 0.15) is 13.8 Å². The average Bonchev–Trinajstić information content (AvgIpc) is 2.99. The normalized spacial score (nSPS) is 11.0. The summed E-state index contributed by atoms with van der Waals surface area (Å²) in [6.45, 7) is 3.97. The van der Waals surface area contributed by atoms with Crippen LogP contribution in [-0.4, -0.2) is 25.7 Å². The maximum atomic E-state index is 11.5. The van der Waals surface area contributed by atoms with Crippen molar-refractivity contribution in [2.75, 3.05) is 0 Å². The predicted molar refractivity (Wildman–Crippen MR) is 87.8 cm³/mol. The molecule has 2 heterocycles. The van der Waals surface area contributed by atoms with Gasteiger partial charge in [-0.25, -0.2) is 9.36 Å². The third-order valence-electron chi connectivity index (χ3n) is 3.30. The molecular formula is C17H18N4O2. The van der Waals surface area contributed by atoms with Crippen molar-refractivity contribution in [3.05, 3.63) is 59.0 Å². The molecule has 0 aliphatic heterocycles. The summed E-state index contributed by atoms with van der Waals surface area (Å²) in [5.74, 6) is 0.785. The lowest BCUT2D eigenvalue weighted by atomic mass is 10.2. The molecule has 3 rings (SSSR count). The summed E-state index contributed by atoms with van der Waals surface area (Å²) in [7, 11) is 1.63. The fraction of sp³-hybridized carbons (Fsp3) is 0.235. The van der Waals surface area contributed by atoms with E-state index in [1.165, 1.54) is 10.7 Å². The second-order valence-electron chi connectivity index (χ2n) is 5.47. The van der Waals surface area contributed by atoms with Gasteiger partial charge in [-0.05, 0) is 38.1 Å². The molecule has 0 amide bonds. The van der Waals surface area contributed by atoms with E-state index in [-0.39, 0.29) is 11.7 Å². The second-order valence-corrected chi connectivity index (χ2v) is 5.47. The lowest BCUT2D eigenvalue weighted by Gasteiger charge is -2.12.